The second-order valence-corrected chi connectivity index (χ2v) is 4.89. The van der Waals surface area contributed by atoms with Crippen molar-refractivity contribution in [3.05, 3.63) is 35.4 Å². The minimum absolute atomic E-state index is 0.158. The SMILES string of the molecule is CCc1ccc(CNC(=O)C(=O)NCCCCCO)cc1. The molecule has 0 aliphatic rings. The van der Waals surface area contributed by atoms with Gasteiger partial charge in [0.05, 0.1) is 0 Å². The summed E-state index contributed by atoms with van der Waals surface area (Å²) in [6.45, 7) is 3.05. The second kappa shape index (κ2) is 9.94. The van der Waals surface area contributed by atoms with E-state index in [1.54, 1.807) is 0 Å². The third kappa shape index (κ3) is 6.90. The Balaban J connectivity index is 2.24. The van der Waals surface area contributed by atoms with E-state index in [9.17, 15) is 9.59 Å². The zero-order valence-corrected chi connectivity index (χ0v) is 12.5. The fraction of sp³-hybridized carbons (Fsp3) is 0.500. The largest absolute Gasteiger partial charge is 0.396 e. The summed E-state index contributed by atoms with van der Waals surface area (Å²) >= 11 is 0. The van der Waals surface area contributed by atoms with Crippen molar-refractivity contribution < 1.29 is 14.7 Å². The monoisotopic (exact) mass is 292 g/mol. The van der Waals surface area contributed by atoms with Gasteiger partial charge < -0.3 is 15.7 Å². The van der Waals surface area contributed by atoms with Gasteiger partial charge in [0, 0.05) is 19.7 Å². The molecule has 5 nitrogen and oxygen atoms in total. The molecule has 0 spiro atoms. The van der Waals surface area contributed by atoms with E-state index in [0.29, 0.717) is 13.1 Å². The molecule has 0 radical (unpaired) electrons. The number of aliphatic hydroxyl groups is 1. The van der Waals surface area contributed by atoms with Crippen molar-refractivity contribution in [3.63, 3.8) is 0 Å². The highest BCUT2D eigenvalue weighted by Crippen LogP contribution is 2.04. The van der Waals surface area contributed by atoms with E-state index in [4.69, 9.17) is 5.11 Å². The fourth-order valence-corrected chi connectivity index (χ4v) is 1.85. The molecule has 116 valence electrons. The molecule has 0 aliphatic carbocycles. The maximum Gasteiger partial charge on any atom is 0.309 e. The molecule has 5 heteroatoms. The van der Waals surface area contributed by atoms with Crippen LogP contribution >= 0.6 is 0 Å². The Morgan fingerprint density at radius 3 is 2.19 bits per heavy atom. The zero-order valence-electron chi connectivity index (χ0n) is 12.5. The first-order valence-corrected chi connectivity index (χ1v) is 7.42. The normalized spacial score (nSPS) is 10.2. The van der Waals surface area contributed by atoms with Crippen molar-refractivity contribution in [3.8, 4) is 0 Å². The van der Waals surface area contributed by atoms with Gasteiger partial charge >= 0.3 is 11.8 Å². The standard InChI is InChI=1S/C16H24N2O3/c1-2-13-6-8-14(9-7-13)12-18-16(21)15(20)17-10-4-3-5-11-19/h6-9,19H,2-5,10-12H2,1H3,(H,17,20)(H,18,21). The molecule has 0 saturated carbocycles. The molecule has 0 heterocycles. The van der Waals surface area contributed by atoms with Crippen molar-refractivity contribution in [1.29, 1.82) is 0 Å². The highest BCUT2D eigenvalue weighted by molar-refractivity contribution is 6.35. The lowest BCUT2D eigenvalue weighted by Crippen LogP contribution is -2.39. The number of carbonyl (C=O) groups excluding carboxylic acids is 2. The molecule has 1 aromatic rings. The number of amides is 2. The van der Waals surface area contributed by atoms with E-state index < -0.39 is 11.8 Å². The average molecular weight is 292 g/mol. The van der Waals surface area contributed by atoms with Crippen LogP contribution in [0.25, 0.3) is 0 Å². The molecular weight excluding hydrogens is 268 g/mol. The Morgan fingerprint density at radius 2 is 1.57 bits per heavy atom. The Morgan fingerprint density at radius 1 is 0.952 bits per heavy atom. The fourth-order valence-electron chi connectivity index (χ4n) is 1.85. The van der Waals surface area contributed by atoms with Gasteiger partial charge in [0.15, 0.2) is 0 Å². The highest BCUT2D eigenvalue weighted by atomic mass is 16.3. The predicted molar refractivity (Wildman–Crippen MR) is 81.6 cm³/mol. The van der Waals surface area contributed by atoms with Crippen LogP contribution < -0.4 is 10.6 Å². The van der Waals surface area contributed by atoms with Gasteiger partial charge in [-0.2, -0.15) is 0 Å². The summed E-state index contributed by atoms with van der Waals surface area (Å²) in [5, 5.41) is 13.8. The van der Waals surface area contributed by atoms with Crippen LogP contribution in [-0.2, 0) is 22.6 Å². The van der Waals surface area contributed by atoms with Crippen molar-refractivity contribution in [2.75, 3.05) is 13.2 Å². The number of benzene rings is 1. The van der Waals surface area contributed by atoms with Gasteiger partial charge in [-0.25, -0.2) is 0 Å². The van der Waals surface area contributed by atoms with Gasteiger partial charge in [-0.15, -0.1) is 0 Å². The van der Waals surface area contributed by atoms with Crippen LogP contribution in [0.2, 0.25) is 0 Å². The van der Waals surface area contributed by atoms with Crippen molar-refractivity contribution in [1.82, 2.24) is 10.6 Å². The van der Waals surface area contributed by atoms with E-state index in [-0.39, 0.29) is 6.61 Å². The number of hydrogen-bond acceptors (Lipinski definition) is 3. The third-order valence-electron chi connectivity index (χ3n) is 3.21. The molecule has 21 heavy (non-hydrogen) atoms. The smallest absolute Gasteiger partial charge is 0.309 e. The quantitative estimate of drug-likeness (QED) is 0.497. The lowest BCUT2D eigenvalue weighted by atomic mass is 10.1. The molecule has 0 aromatic heterocycles. The topological polar surface area (TPSA) is 78.4 Å². The van der Waals surface area contributed by atoms with E-state index in [0.717, 1.165) is 31.2 Å². The van der Waals surface area contributed by atoms with Crippen LogP contribution in [0.4, 0.5) is 0 Å². The summed E-state index contributed by atoms with van der Waals surface area (Å²) in [7, 11) is 0. The van der Waals surface area contributed by atoms with Gasteiger partial charge in [-0.1, -0.05) is 31.2 Å². The van der Waals surface area contributed by atoms with Gasteiger partial charge in [0.1, 0.15) is 0 Å². The van der Waals surface area contributed by atoms with Gasteiger partial charge in [-0.3, -0.25) is 9.59 Å². The van der Waals surface area contributed by atoms with Gasteiger partial charge in [0.25, 0.3) is 0 Å². The first-order valence-electron chi connectivity index (χ1n) is 7.42. The van der Waals surface area contributed by atoms with E-state index in [1.807, 2.05) is 24.3 Å². The first-order chi connectivity index (χ1) is 10.2. The minimum Gasteiger partial charge on any atom is -0.396 e. The minimum atomic E-state index is -0.614. The molecule has 3 N–H and O–H groups in total. The predicted octanol–water partition coefficient (Wildman–Crippen LogP) is 1.14. The number of rotatable bonds is 8. The summed E-state index contributed by atoms with van der Waals surface area (Å²) in [4.78, 5) is 23.1. The number of nitrogens with one attached hydrogen (secondary N) is 2. The highest BCUT2D eigenvalue weighted by Gasteiger charge is 2.11. The lowest BCUT2D eigenvalue weighted by Gasteiger charge is -2.07. The number of aliphatic hydroxyl groups excluding tert-OH is 1. The van der Waals surface area contributed by atoms with Crippen molar-refractivity contribution >= 4 is 11.8 Å². The zero-order chi connectivity index (χ0) is 15.5. The van der Waals surface area contributed by atoms with Crippen LogP contribution in [0.15, 0.2) is 24.3 Å². The van der Waals surface area contributed by atoms with E-state index >= 15 is 0 Å². The molecular formula is C16H24N2O3. The summed E-state index contributed by atoms with van der Waals surface area (Å²) in [5.74, 6) is -1.22. The molecule has 0 saturated heterocycles. The average Bonchev–Trinajstić information content (AvgIpc) is 2.52. The summed E-state index contributed by atoms with van der Waals surface area (Å²) in [6, 6.07) is 7.93. The molecule has 2 amide bonds. The molecule has 0 atom stereocenters. The van der Waals surface area contributed by atoms with Crippen molar-refractivity contribution in [2.24, 2.45) is 0 Å². The van der Waals surface area contributed by atoms with Crippen LogP contribution in [0.5, 0.6) is 0 Å². The van der Waals surface area contributed by atoms with Gasteiger partial charge in [-0.05, 0) is 36.8 Å². The number of unbranched alkanes of at least 4 members (excludes halogenated alkanes) is 2. The van der Waals surface area contributed by atoms with E-state index in [1.165, 1.54) is 5.56 Å². The van der Waals surface area contributed by atoms with Crippen molar-refractivity contribution in [2.45, 2.75) is 39.2 Å². The Hall–Kier alpha value is -1.88. The molecule has 0 bridgehead atoms. The third-order valence-corrected chi connectivity index (χ3v) is 3.21. The Labute approximate surface area is 125 Å². The van der Waals surface area contributed by atoms with Crippen LogP contribution in [0, 0.1) is 0 Å². The van der Waals surface area contributed by atoms with E-state index in [2.05, 4.69) is 17.6 Å². The van der Waals surface area contributed by atoms with Crippen LogP contribution in [0.3, 0.4) is 0 Å². The molecule has 1 aromatic carbocycles. The second-order valence-electron chi connectivity index (χ2n) is 4.89. The van der Waals surface area contributed by atoms with Crippen LogP contribution in [0.1, 0.15) is 37.3 Å². The number of aryl methyl sites for hydroxylation is 1. The lowest BCUT2D eigenvalue weighted by molar-refractivity contribution is -0.139. The van der Waals surface area contributed by atoms with Crippen LogP contribution in [-0.4, -0.2) is 30.1 Å². The first kappa shape index (κ1) is 17.2. The summed E-state index contributed by atoms with van der Waals surface area (Å²) in [6.07, 6.45) is 3.29. The summed E-state index contributed by atoms with van der Waals surface area (Å²) < 4.78 is 0. The number of hydrogen-bond donors (Lipinski definition) is 3. The molecule has 0 fully saturated rings. The number of carbonyl (C=O) groups is 2. The molecule has 0 unspecified atom stereocenters. The maximum absolute atomic E-state index is 11.6. The Kier molecular flexibility index (Phi) is 8.12. The Bertz CT molecular complexity index is 443. The maximum atomic E-state index is 11.6. The van der Waals surface area contributed by atoms with Gasteiger partial charge in [0.2, 0.25) is 0 Å². The molecule has 1 rings (SSSR count). The summed E-state index contributed by atoms with van der Waals surface area (Å²) in [5.41, 5.74) is 2.21. The molecule has 0 aliphatic heterocycles.